The van der Waals surface area contributed by atoms with Crippen molar-refractivity contribution in [3.05, 3.63) is 107 Å². The summed E-state index contributed by atoms with van der Waals surface area (Å²) >= 11 is 0. The van der Waals surface area contributed by atoms with Gasteiger partial charge in [-0.15, -0.1) is 0 Å². The van der Waals surface area contributed by atoms with Gasteiger partial charge in [-0.05, 0) is 42.3 Å². The van der Waals surface area contributed by atoms with Gasteiger partial charge in [0.15, 0.2) is 6.23 Å². The van der Waals surface area contributed by atoms with Gasteiger partial charge in [-0.3, -0.25) is 14.5 Å². The maximum Gasteiger partial charge on any atom is 0.338 e. The molecule has 3 heterocycles. The van der Waals surface area contributed by atoms with Crippen LogP contribution < -0.4 is 0 Å². The van der Waals surface area contributed by atoms with Gasteiger partial charge in [0, 0.05) is 24.0 Å². The van der Waals surface area contributed by atoms with E-state index in [4.69, 9.17) is 9.47 Å². The predicted octanol–water partition coefficient (Wildman–Crippen LogP) is 4.23. The molecule has 1 saturated heterocycles. The van der Waals surface area contributed by atoms with Gasteiger partial charge in [0.1, 0.15) is 12.2 Å². The van der Waals surface area contributed by atoms with Gasteiger partial charge in [0.25, 0.3) is 11.8 Å². The molecule has 8 nitrogen and oxygen atoms in total. The number of hydrogen-bond acceptors (Lipinski definition) is 6. The number of hydrogen-bond donors (Lipinski definition) is 1. The first-order valence-electron chi connectivity index (χ1n) is 13.0. The number of ether oxygens (including phenoxy) is 2. The van der Waals surface area contributed by atoms with Crippen LogP contribution in [0.5, 0.6) is 0 Å². The molecule has 4 aromatic rings. The number of carbonyl (C=O) groups excluding carboxylic acids is 3. The van der Waals surface area contributed by atoms with Crippen molar-refractivity contribution in [3.8, 4) is 0 Å². The second-order valence-electron chi connectivity index (χ2n) is 10.1. The van der Waals surface area contributed by atoms with E-state index < -0.39 is 24.4 Å². The van der Waals surface area contributed by atoms with Gasteiger partial charge >= 0.3 is 5.97 Å². The van der Waals surface area contributed by atoms with Gasteiger partial charge in [-0.1, -0.05) is 55.5 Å². The molecule has 2 aliphatic heterocycles. The monoisotopic (exact) mass is 524 g/mol. The maximum atomic E-state index is 12.9. The van der Waals surface area contributed by atoms with Crippen LogP contribution in [0.4, 0.5) is 0 Å². The first-order chi connectivity index (χ1) is 18.9. The molecule has 0 saturated carbocycles. The minimum absolute atomic E-state index is 0.209. The Hall–Kier alpha value is -4.27. The van der Waals surface area contributed by atoms with E-state index in [1.54, 1.807) is 48.5 Å². The summed E-state index contributed by atoms with van der Waals surface area (Å²) < 4.78 is 13.7. The van der Waals surface area contributed by atoms with Crippen LogP contribution in [-0.4, -0.2) is 57.7 Å². The first kappa shape index (κ1) is 25.0. The molecule has 8 heteroatoms. The predicted molar refractivity (Wildman–Crippen MR) is 143 cm³/mol. The highest BCUT2D eigenvalue weighted by atomic mass is 16.6. The number of benzene rings is 3. The van der Waals surface area contributed by atoms with Crippen molar-refractivity contribution in [1.82, 2.24) is 9.47 Å². The van der Waals surface area contributed by atoms with Crippen LogP contribution in [0.3, 0.4) is 0 Å². The minimum Gasteiger partial charge on any atom is -0.455 e. The Balaban J connectivity index is 1.25. The summed E-state index contributed by atoms with van der Waals surface area (Å²) in [4.78, 5) is 39.8. The van der Waals surface area contributed by atoms with Crippen LogP contribution in [0.15, 0.2) is 85.1 Å². The van der Waals surface area contributed by atoms with Crippen LogP contribution in [0.1, 0.15) is 49.8 Å². The average molecular weight is 525 g/mol. The van der Waals surface area contributed by atoms with E-state index in [1.807, 2.05) is 48.0 Å². The van der Waals surface area contributed by atoms with E-state index in [-0.39, 0.29) is 24.3 Å². The van der Waals surface area contributed by atoms with Crippen molar-refractivity contribution in [2.75, 3.05) is 13.2 Å². The fourth-order valence-corrected chi connectivity index (χ4v) is 5.50. The molecule has 4 atom stereocenters. The lowest BCUT2D eigenvalue weighted by Gasteiger charge is -2.39. The number of rotatable bonds is 6. The van der Waals surface area contributed by atoms with Crippen molar-refractivity contribution >= 4 is 28.7 Å². The van der Waals surface area contributed by atoms with E-state index in [1.165, 1.54) is 4.90 Å². The summed E-state index contributed by atoms with van der Waals surface area (Å²) in [5.41, 5.74) is 3.01. The third-order valence-electron chi connectivity index (χ3n) is 7.55. The highest BCUT2D eigenvalue weighted by Gasteiger charge is 2.42. The van der Waals surface area contributed by atoms with Gasteiger partial charge < -0.3 is 19.1 Å². The van der Waals surface area contributed by atoms with Crippen molar-refractivity contribution < 1.29 is 29.0 Å². The van der Waals surface area contributed by atoms with Gasteiger partial charge in [-0.25, -0.2) is 4.79 Å². The maximum absolute atomic E-state index is 12.9. The number of aliphatic hydroxyl groups is 1. The largest absolute Gasteiger partial charge is 0.455 e. The fourth-order valence-electron chi connectivity index (χ4n) is 5.50. The SMILES string of the molecule is CC1COC(n2cc(CCN3C(=O)c4ccccc4C3=O)c3ccccc32)C(O)C1OC(=O)c1ccccc1. The fraction of sp³-hybridized carbons (Fsp3) is 0.258. The van der Waals surface area contributed by atoms with Crippen molar-refractivity contribution in [3.63, 3.8) is 0 Å². The van der Waals surface area contributed by atoms with Crippen LogP contribution in [-0.2, 0) is 15.9 Å². The summed E-state index contributed by atoms with van der Waals surface area (Å²) in [6.45, 7) is 2.40. The molecular weight excluding hydrogens is 496 g/mol. The lowest BCUT2D eigenvalue weighted by Crippen LogP contribution is -2.48. The number of carbonyl (C=O) groups is 3. The molecule has 39 heavy (non-hydrogen) atoms. The minimum atomic E-state index is -1.11. The van der Waals surface area contributed by atoms with Crippen LogP contribution in [0.25, 0.3) is 10.9 Å². The molecule has 6 rings (SSSR count). The summed E-state index contributed by atoms with van der Waals surface area (Å²) in [6.07, 6.45) is -0.332. The lowest BCUT2D eigenvalue weighted by molar-refractivity contribution is -0.188. The number of imide groups is 1. The Bertz CT molecular complexity index is 1530. The van der Waals surface area contributed by atoms with E-state index >= 15 is 0 Å². The number of amides is 2. The number of aliphatic hydroxyl groups excluding tert-OH is 1. The van der Waals surface area contributed by atoms with Gasteiger partial charge in [0.2, 0.25) is 0 Å². The number of aromatic nitrogens is 1. The number of fused-ring (bicyclic) bond motifs is 2. The van der Waals surface area contributed by atoms with Gasteiger partial charge in [-0.2, -0.15) is 0 Å². The highest BCUT2D eigenvalue weighted by molar-refractivity contribution is 6.21. The standard InChI is InChI=1S/C31H28N2O6/c1-19-18-38-30(26(34)27(19)39-31(37)20-9-3-2-4-10-20)33-17-21(22-11-7-8-14-25(22)33)15-16-32-28(35)23-12-5-6-13-24(23)29(32)36/h2-14,17,19,26-27,30,34H,15-16,18H2,1H3. The molecule has 2 aliphatic rings. The molecule has 4 unspecified atom stereocenters. The van der Waals surface area contributed by atoms with E-state index in [2.05, 4.69) is 0 Å². The van der Waals surface area contributed by atoms with E-state index in [0.29, 0.717) is 29.7 Å². The molecule has 0 bridgehead atoms. The number of esters is 1. The van der Waals surface area contributed by atoms with Crippen molar-refractivity contribution in [1.29, 1.82) is 0 Å². The normalized spacial score (nSPS) is 22.8. The van der Waals surface area contributed by atoms with Crippen molar-refractivity contribution in [2.24, 2.45) is 5.92 Å². The van der Waals surface area contributed by atoms with E-state index in [0.717, 1.165) is 16.5 Å². The summed E-state index contributed by atoms with van der Waals surface area (Å²) in [5, 5.41) is 12.3. The zero-order valence-corrected chi connectivity index (χ0v) is 21.4. The Kier molecular flexibility index (Phi) is 6.50. The third-order valence-corrected chi connectivity index (χ3v) is 7.55. The Morgan fingerprint density at radius 3 is 2.31 bits per heavy atom. The zero-order chi connectivity index (χ0) is 27.1. The summed E-state index contributed by atoms with van der Waals surface area (Å²) in [7, 11) is 0. The molecule has 1 aromatic heterocycles. The molecule has 1 fully saturated rings. The number of para-hydroxylation sites is 1. The topological polar surface area (TPSA) is 98.1 Å². The zero-order valence-electron chi connectivity index (χ0n) is 21.4. The Morgan fingerprint density at radius 2 is 1.59 bits per heavy atom. The van der Waals surface area contributed by atoms with Crippen LogP contribution in [0, 0.1) is 5.92 Å². The molecule has 0 radical (unpaired) electrons. The van der Waals surface area contributed by atoms with E-state index in [9.17, 15) is 19.5 Å². The first-order valence-corrected chi connectivity index (χ1v) is 13.0. The lowest BCUT2D eigenvalue weighted by atomic mass is 9.96. The molecule has 0 spiro atoms. The molecule has 198 valence electrons. The number of nitrogens with zero attached hydrogens (tertiary/aromatic N) is 2. The van der Waals surface area contributed by atoms with Crippen LogP contribution >= 0.6 is 0 Å². The molecule has 0 aliphatic carbocycles. The highest BCUT2D eigenvalue weighted by Crippen LogP contribution is 2.34. The Labute approximate surface area is 225 Å². The molecule has 2 amide bonds. The molecule has 3 aromatic carbocycles. The third kappa shape index (κ3) is 4.41. The quantitative estimate of drug-likeness (QED) is 0.300. The van der Waals surface area contributed by atoms with Gasteiger partial charge in [0.05, 0.1) is 28.8 Å². The smallest absolute Gasteiger partial charge is 0.338 e. The summed E-state index contributed by atoms with van der Waals surface area (Å²) in [5.74, 6) is -1.28. The summed E-state index contributed by atoms with van der Waals surface area (Å²) in [6, 6.07) is 23.3. The second kappa shape index (κ2) is 10.1. The second-order valence-corrected chi connectivity index (χ2v) is 10.1. The average Bonchev–Trinajstić information content (AvgIpc) is 3.45. The molecule has 1 N–H and O–H groups in total. The van der Waals surface area contributed by atoms with Crippen LogP contribution in [0.2, 0.25) is 0 Å². The van der Waals surface area contributed by atoms with Crippen molar-refractivity contribution in [2.45, 2.75) is 31.8 Å². The Morgan fingerprint density at radius 1 is 0.949 bits per heavy atom. The molecular formula is C31H28N2O6.